The van der Waals surface area contributed by atoms with Gasteiger partial charge in [0.25, 0.3) is 5.91 Å². The molecule has 0 radical (unpaired) electrons. The molecule has 4 aromatic rings. The normalized spacial score (nSPS) is 10.3. The summed E-state index contributed by atoms with van der Waals surface area (Å²) in [5, 5.41) is 25.7. The SMILES string of the molecule is N#Cc1cccc(OCc2cccc(C(=O)Nc3ccc(Cc4nn[nH]n4)cc3)c2)c1. The van der Waals surface area contributed by atoms with Gasteiger partial charge in [-0.3, -0.25) is 4.79 Å². The number of hydrogen-bond donors (Lipinski definition) is 2. The van der Waals surface area contributed by atoms with Crippen LogP contribution in [0.25, 0.3) is 0 Å². The summed E-state index contributed by atoms with van der Waals surface area (Å²) in [5.41, 5.74) is 3.62. The minimum Gasteiger partial charge on any atom is -0.489 e. The summed E-state index contributed by atoms with van der Waals surface area (Å²) in [4.78, 5) is 12.6. The van der Waals surface area contributed by atoms with Crippen LogP contribution in [0.5, 0.6) is 5.75 Å². The minimum absolute atomic E-state index is 0.209. The summed E-state index contributed by atoms with van der Waals surface area (Å²) >= 11 is 0. The first-order chi connectivity index (χ1) is 15.2. The molecule has 0 spiro atoms. The first-order valence-corrected chi connectivity index (χ1v) is 9.54. The summed E-state index contributed by atoms with van der Waals surface area (Å²) in [6.45, 7) is 0.292. The quantitative estimate of drug-likeness (QED) is 0.482. The minimum atomic E-state index is -0.209. The van der Waals surface area contributed by atoms with E-state index in [9.17, 15) is 4.79 Å². The zero-order chi connectivity index (χ0) is 21.5. The van der Waals surface area contributed by atoms with Gasteiger partial charge in [-0.05, 0) is 53.6 Å². The van der Waals surface area contributed by atoms with E-state index in [1.54, 1.807) is 36.4 Å². The second kappa shape index (κ2) is 9.33. The van der Waals surface area contributed by atoms with Crippen LogP contribution in [0.4, 0.5) is 5.69 Å². The molecule has 4 rings (SSSR count). The number of aromatic amines is 1. The van der Waals surface area contributed by atoms with Crippen LogP contribution in [0.15, 0.2) is 72.8 Å². The summed E-state index contributed by atoms with van der Waals surface area (Å²) < 4.78 is 5.74. The molecular formula is C23H18N6O2. The number of hydrogen-bond acceptors (Lipinski definition) is 6. The Bertz CT molecular complexity index is 1210. The Hall–Kier alpha value is -4.51. The van der Waals surface area contributed by atoms with E-state index in [0.29, 0.717) is 41.4 Å². The van der Waals surface area contributed by atoms with Gasteiger partial charge in [0.1, 0.15) is 12.4 Å². The highest BCUT2D eigenvalue weighted by atomic mass is 16.5. The van der Waals surface area contributed by atoms with Gasteiger partial charge in [-0.1, -0.05) is 35.5 Å². The number of tetrazole rings is 1. The van der Waals surface area contributed by atoms with Crippen molar-refractivity contribution in [1.82, 2.24) is 20.6 Å². The predicted molar refractivity (Wildman–Crippen MR) is 113 cm³/mol. The van der Waals surface area contributed by atoms with Crippen molar-refractivity contribution in [3.8, 4) is 11.8 Å². The molecule has 0 saturated heterocycles. The van der Waals surface area contributed by atoms with E-state index in [2.05, 4.69) is 32.0 Å². The van der Waals surface area contributed by atoms with E-state index in [1.165, 1.54) is 0 Å². The van der Waals surface area contributed by atoms with Gasteiger partial charge in [-0.25, -0.2) is 0 Å². The molecule has 2 N–H and O–H groups in total. The van der Waals surface area contributed by atoms with Crippen molar-refractivity contribution in [2.45, 2.75) is 13.0 Å². The lowest BCUT2D eigenvalue weighted by Crippen LogP contribution is -2.12. The van der Waals surface area contributed by atoms with Crippen LogP contribution >= 0.6 is 0 Å². The third kappa shape index (κ3) is 5.31. The second-order valence-electron chi connectivity index (χ2n) is 6.78. The van der Waals surface area contributed by atoms with Crippen molar-refractivity contribution in [3.05, 3.63) is 101 Å². The monoisotopic (exact) mass is 410 g/mol. The largest absolute Gasteiger partial charge is 0.489 e. The van der Waals surface area contributed by atoms with Crippen molar-refractivity contribution in [2.75, 3.05) is 5.32 Å². The Kier molecular flexibility index (Phi) is 5.95. The zero-order valence-corrected chi connectivity index (χ0v) is 16.4. The average molecular weight is 410 g/mol. The van der Waals surface area contributed by atoms with E-state index in [4.69, 9.17) is 10.00 Å². The van der Waals surface area contributed by atoms with Crippen molar-refractivity contribution in [3.63, 3.8) is 0 Å². The predicted octanol–water partition coefficient (Wildman–Crippen LogP) is 3.49. The number of carbonyl (C=O) groups is 1. The van der Waals surface area contributed by atoms with Crippen LogP contribution < -0.4 is 10.1 Å². The topological polar surface area (TPSA) is 117 Å². The Morgan fingerprint density at radius 1 is 1.03 bits per heavy atom. The van der Waals surface area contributed by atoms with Crippen LogP contribution in [0, 0.1) is 11.3 Å². The number of nitrogens with one attached hydrogen (secondary N) is 2. The Balaban J connectivity index is 1.37. The maximum atomic E-state index is 12.6. The second-order valence-corrected chi connectivity index (χ2v) is 6.78. The standard InChI is InChI=1S/C23H18N6O2/c24-14-17-3-2-6-21(12-17)31-15-18-4-1-5-19(11-18)23(30)25-20-9-7-16(8-10-20)13-22-26-28-29-27-22/h1-12H,13,15H2,(H,25,30)(H,26,27,28,29). The highest BCUT2D eigenvalue weighted by Crippen LogP contribution is 2.17. The smallest absolute Gasteiger partial charge is 0.255 e. The van der Waals surface area contributed by atoms with Crippen LogP contribution in [-0.2, 0) is 13.0 Å². The molecule has 0 aliphatic rings. The van der Waals surface area contributed by atoms with Crippen molar-refractivity contribution < 1.29 is 9.53 Å². The molecular weight excluding hydrogens is 392 g/mol. The molecule has 0 aliphatic heterocycles. The van der Waals surface area contributed by atoms with Gasteiger partial charge in [0.05, 0.1) is 11.6 Å². The van der Waals surface area contributed by atoms with Crippen molar-refractivity contribution in [1.29, 1.82) is 5.26 Å². The molecule has 0 atom stereocenters. The average Bonchev–Trinajstić information content (AvgIpc) is 3.32. The molecule has 8 nitrogen and oxygen atoms in total. The van der Waals surface area contributed by atoms with Gasteiger partial charge in [-0.15, -0.1) is 10.2 Å². The molecule has 8 heteroatoms. The van der Waals surface area contributed by atoms with Crippen LogP contribution in [-0.4, -0.2) is 26.5 Å². The van der Waals surface area contributed by atoms with Crippen LogP contribution in [0.3, 0.4) is 0 Å². The van der Waals surface area contributed by atoms with Gasteiger partial charge < -0.3 is 10.1 Å². The lowest BCUT2D eigenvalue weighted by Gasteiger charge is -2.09. The third-order valence-electron chi connectivity index (χ3n) is 4.52. The fourth-order valence-electron chi connectivity index (χ4n) is 2.97. The zero-order valence-electron chi connectivity index (χ0n) is 16.4. The summed E-state index contributed by atoms with van der Waals surface area (Å²) in [6.07, 6.45) is 0.560. The highest BCUT2D eigenvalue weighted by Gasteiger charge is 2.08. The first kappa shape index (κ1) is 19.8. The number of nitrogens with zero attached hydrogens (tertiary/aromatic N) is 4. The van der Waals surface area contributed by atoms with Crippen molar-refractivity contribution in [2.24, 2.45) is 0 Å². The van der Waals surface area contributed by atoms with Gasteiger partial charge in [0.15, 0.2) is 5.82 Å². The van der Waals surface area contributed by atoms with Crippen LogP contribution in [0.2, 0.25) is 0 Å². The maximum Gasteiger partial charge on any atom is 0.255 e. The van der Waals surface area contributed by atoms with Crippen molar-refractivity contribution >= 4 is 11.6 Å². The third-order valence-corrected chi connectivity index (χ3v) is 4.52. The Morgan fingerprint density at radius 2 is 1.87 bits per heavy atom. The number of carbonyl (C=O) groups excluding carboxylic acids is 1. The molecule has 0 aliphatic carbocycles. The molecule has 3 aromatic carbocycles. The lowest BCUT2D eigenvalue weighted by molar-refractivity contribution is 0.102. The van der Waals surface area contributed by atoms with E-state index in [-0.39, 0.29) is 5.91 Å². The fraction of sp³-hybridized carbons (Fsp3) is 0.0870. The summed E-state index contributed by atoms with van der Waals surface area (Å²) in [5.74, 6) is 1.00. The first-order valence-electron chi connectivity index (χ1n) is 9.54. The number of ether oxygens (including phenoxy) is 1. The summed E-state index contributed by atoms with van der Waals surface area (Å²) in [7, 11) is 0. The molecule has 0 bridgehead atoms. The molecule has 31 heavy (non-hydrogen) atoms. The maximum absolute atomic E-state index is 12.6. The highest BCUT2D eigenvalue weighted by molar-refractivity contribution is 6.04. The number of anilines is 1. The summed E-state index contributed by atoms with van der Waals surface area (Å²) in [6, 6.07) is 23.8. The lowest BCUT2D eigenvalue weighted by atomic mass is 10.1. The number of benzene rings is 3. The number of nitriles is 1. The van der Waals surface area contributed by atoms with Gasteiger partial charge >= 0.3 is 0 Å². The molecule has 1 heterocycles. The molecule has 1 aromatic heterocycles. The molecule has 1 amide bonds. The Morgan fingerprint density at radius 3 is 2.65 bits per heavy atom. The van der Waals surface area contributed by atoms with E-state index >= 15 is 0 Å². The van der Waals surface area contributed by atoms with Gasteiger partial charge in [0.2, 0.25) is 0 Å². The van der Waals surface area contributed by atoms with Gasteiger partial charge in [-0.2, -0.15) is 10.5 Å². The number of aromatic nitrogens is 4. The van der Waals surface area contributed by atoms with E-state index in [0.717, 1.165) is 11.1 Å². The van der Waals surface area contributed by atoms with Gasteiger partial charge in [0, 0.05) is 17.7 Å². The molecule has 0 saturated carbocycles. The fourth-order valence-corrected chi connectivity index (χ4v) is 2.97. The molecule has 0 unspecified atom stereocenters. The number of rotatable bonds is 7. The Labute approximate surface area is 178 Å². The van der Waals surface area contributed by atoms with E-state index < -0.39 is 0 Å². The molecule has 0 fully saturated rings. The van der Waals surface area contributed by atoms with E-state index in [1.807, 2.05) is 36.4 Å². The molecule has 152 valence electrons. The number of amides is 1. The van der Waals surface area contributed by atoms with Crippen LogP contribution in [0.1, 0.15) is 32.9 Å². The number of H-pyrrole nitrogens is 1.